The van der Waals surface area contributed by atoms with Crippen LogP contribution in [0.3, 0.4) is 0 Å². The standard InChI is InChI=1S/C24H22N8O4/c1-3-18-25-22-20(23(34)32(24(35)26-22)13-19(33)36-2)31(18)12-14-8-10-15(11-9-14)16-6-4-5-7-17(16)21-27-29-30-28-21/h4-11H,3,12-13H2,1-2H3,(H,26,35)(H,27,28,29,30). The van der Waals surface area contributed by atoms with Crippen LogP contribution in [0.25, 0.3) is 33.7 Å². The van der Waals surface area contributed by atoms with Gasteiger partial charge in [-0.05, 0) is 21.9 Å². The average Bonchev–Trinajstić information content (AvgIpc) is 3.55. The fourth-order valence-electron chi connectivity index (χ4n) is 4.15. The number of rotatable bonds is 7. The highest BCUT2D eigenvalue weighted by Crippen LogP contribution is 2.30. The molecule has 182 valence electrons. The van der Waals surface area contributed by atoms with Crippen LogP contribution in [-0.2, 0) is 29.0 Å². The number of aromatic nitrogens is 8. The second-order valence-corrected chi connectivity index (χ2v) is 8.04. The number of methoxy groups -OCH3 is 1. The Balaban J connectivity index is 1.53. The highest BCUT2D eigenvalue weighted by Gasteiger charge is 2.19. The minimum Gasteiger partial charge on any atom is -0.468 e. The summed E-state index contributed by atoms with van der Waals surface area (Å²) in [6.45, 7) is 1.79. The number of tetrazole rings is 1. The molecule has 0 saturated heterocycles. The molecular weight excluding hydrogens is 464 g/mol. The Kier molecular flexibility index (Phi) is 5.98. The van der Waals surface area contributed by atoms with Gasteiger partial charge in [0.15, 0.2) is 11.2 Å². The van der Waals surface area contributed by atoms with Gasteiger partial charge in [-0.1, -0.05) is 55.5 Å². The summed E-state index contributed by atoms with van der Waals surface area (Å²) < 4.78 is 7.21. The van der Waals surface area contributed by atoms with Gasteiger partial charge in [0.2, 0.25) is 5.82 Å². The number of fused-ring (bicyclic) bond motifs is 1. The molecular formula is C24H22N8O4. The summed E-state index contributed by atoms with van der Waals surface area (Å²) in [4.78, 5) is 44.4. The normalized spacial score (nSPS) is 11.2. The first-order chi connectivity index (χ1) is 17.5. The number of hydrogen-bond donors (Lipinski definition) is 2. The highest BCUT2D eigenvalue weighted by molar-refractivity contribution is 5.80. The summed E-state index contributed by atoms with van der Waals surface area (Å²) in [6.07, 6.45) is 0.545. The van der Waals surface area contributed by atoms with Crippen LogP contribution < -0.4 is 11.2 Å². The van der Waals surface area contributed by atoms with E-state index in [0.29, 0.717) is 24.6 Å². The van der Waals surface area contributed by atoms with Gasteiger partial charge in [-0.15, -0.1) is 10.2 Å². The number of imidazole rings is 1. The number of hydrogen-bond acceptors (Lipinski definition) is 8. The minimum absolute atomic E-state index is 0.189. The lowest BCUT2D eigenvalue weighted by molar-refractivity contribution is -0.141. The lowest BCUT2D eigenvalue weighted by atomic mass is 9.98. The van der Waals surface area contributed by atoms with Gasteiger partial charge in [0, 0.05) is 18.5 Å². The Bertz CT molecular complexity index is 1660. The minimum atomic E-state index is -0.713. The summed E-state index contributed by atoms with van der Waals surface area (Å²) in [6, 6.07) is 15.7. The van der Waals surface area contributed by atoms with E-state index in [1.54, 1.807) is 4.57 Å². The topological polar surface area (TPSA) is 153 Å². The molecule has 12 nitrogen and oxygen atoms in total. The number of nitrogens with one attached hydrogen (secondary N) is 2. The summed E-state index contributed by atoms with van der Waals surface area (Å²) in [7, 11) is 1.20. The number of nitrogens with zero attached hydrogens (tertiary/aromatic N) is 6. The van der Waals surface area contributed by atoms with E-state index >= 15 is 0 Å². The molecule has 2 aromatic carbocycles. The Morgan fingerprint density at radius 2 is 1.78 bits per heavy atom. The van der Waals surface area contributed by atoms with Crippen molar-refractivity contribution in [3.05, 3.63) is 80.8 Å². The van der Waals surface area contributed by atoms with Crippen LogP contribution in [0.4, 0.5) is 0 Å². The average molecular weight is 486 g/mol. The molecule has 0 spiro atoms. The zero-order chi connectivity index (χ0) is 25.2. The molecule has 0 aliphatic carbocycles. The van der Waals surface area contributed by atoms with Gasteiger partial charge in [0.05, 0.1) is 7.11 Å². The van der Waals surface area contributed by atoms with Crippen molar-refractivity contribution < 1.29 is 9.53 Å². The number of carbonyl (C=O) groups is 1. The first kappa shape index (κ1) is 22.9. The zero-order valence-corrected chi connectivity index (χ0v) is 19.6. The maximum Gasteiger partial charge on any atom is 0.330 e. The third kappa shape index (κ3) is 4.08. The van der Waals surface area contributed by atoms with E-state index in [2.05, 4.69) is 35.3 Å². The van der Waals surface area contributed by atoms with Crippen molar-refractivity contribution in [1.82, 2.24) is 39.7 Å². The Morgan fingerprint density at radius 3 is 2.44 bits per heavy atom. The van der Waals surface area contributed by atoms with Gasteiger partial charge in [-0.25, -0.2) is 14.3 Å². The SMILES string of the molecule is CCc1nc2[nH]c(=O)n(CC(=O)OC)c(=O)c2n1Cc1ccc(-c2ccccc2-c2nn[nH]n2)cc1. The van der Waals surface area contributed by atoms with E-state index in [4.69, 9.17) is 0 Å². The van der Waals surface area contributed by atoms with Crippen molar-refractivity contribution in [3.8, 4) is 22.5 Å². The van der Waals surface area contributed by atoms with Crippen molar-refractivity contribution >= 4 is 17.1 Å². The molecule has 0 fully saturated rings. The van der Waals surface area contributed by atoms with Crippen molar-refractivity contribution in [1.29, 1.82) is 0 Å². The monoisotopic (exact) mass is 486 g/mol. The molecule has 5 aromatic rings. The molecule has 2 N–H and O–H groups in total. The lowest BCUT2D eigenvalue weighted by Crippen LogP contribution is -2.38. The molecule has 0 atom stereocenters. The van der Waals surface area contributed by atoms with Crippen LogP contribution in [0.5, 0.6) is 0 Å². The third-order valence-electron chi connectivity index (χ3n) is 5.91. The van der Waals surface area contributed by atoms with Crippen molar-refractivity contribution in [2.75, 3.05) is 7.11 Å². The molecule has 3 heterocycles. The van der Waals surface area contributed by atoms with Gasteiger partial charge in [-0.3, -0.25) is 14.6 Å². The van der Waals surface area contributed by atoms with Crippen LogP contribution in [0.2, 0.25) is 0 Å². The fraction of sp³-hybridized carbons (Fsp3) is 0.208. The van der Waals surface area contributed by atoms with Crippen LogP contribution in [0, 0.1) is 0 Å². The molecule has 0 radical (unpaired) electrons. The number of carbonyl (C=O) groups excluding carboxylic acids is 1. The summed E-state index contributed by atoms with van der Waals surface area (Å²) in [5, 5.41) is 14.3. The predicted octanol–water partition coefficient (Wildman–Crippen LogP) is 1.52. The van der Waals surface area contributed by atoms with E-state index in [0.717, 1.165) is 26.8 Å². The van der Waals surface area contributed by atoms with Gasteiger partial charge in [0.25, 0.3) is 5.56 Å². The number of H-pyrrole nitrogens is 2. The van der Waals surface area contributed by atoms with Crippen molar-refractivity contribution in [3.63, 3.8) is 0 Å². The Hall–Kier alpha value is -4.87. The molecule has 0 aliphatic rings. The number of ether oxygens (including phenoxy) is 1. The molecule has 0 saturated carbocycles. The molecule has 0 unspecified atom stereocenters. The highest BCUT2D eigenvalue weighted by atomic mass is 16.5. The first-order valence-corrected chi connectivity index (χ1v) is 11.2. The van der Waals surface area contributed by atoms with Crippen LogP contribution in [0.15, 0.2) is 58.1 Å². The summed E-state index contributed by atoms with van der Waals surface area (Å²) >= 11 is 0. The number of benzene rings is 2. The lowest BCUT2D eigenvalue weighted by Gasteiger charge is -2.11. The quantitative estimate of drug-likeness (QED) is 0.328. The summed E-state index contributed by atoms with van der Waals surface area (Å²) in [5.41, 5.74) is 2.80. The van der Waals surface area contributed by atoms with Crippen LogP contribution in [-0.4, -0.2) is 52.8 Å². The van der Waals surface area contributed by atoms with E-state index in [-0.39, 0.29) is 11.2 Å². The molecule has 12 heteroatoms. The molecule has 0 aliphatic heterocycles. The van der Waals surface area contributed by atoms with Gasteiger partial charge >= 0.3 is 11.7 Å². The molecule has 0 amide bonds. The smallest absolute Gasteiger partial charge is 0.330 e. The summed E-state index contributed by atoms with van der Waals surface area (Å²) in [5.74, 6) is 0.449. The van der Waals surface area contributed by atoms with Crippen molar-refractivity contribution in [2.24, 2.45) is 0 Å². The maximum atomic E-state index is 13.2. The third-order valence-corrected chi connectivity index (χ3v) is 5.91. The molecule has 36 heavy (non-hydrogen) atoms. The molecule has 3 aromatic heterocycles. The Morgan fingerprint density at radius 1 is 1.03 bits per heavy atom. The maximum absolute atomic E-state index is 13.2. The second-order valence-electron chi connectivity index (χ2n) is 8.04. The predicted molar refractivity (Wildman–Crippen MR) is 130 cm³/mol. The Labute approximate surface area is 203 Å². The second kappa shape index (κ2) is 9.41. The number of esters is 1. The van der Waals surface area contributed by atoms with Gasteiger partial charge in [-0.2, -0.15) is 5.21 Å². The van der Waals surface area contributed by atoms with E-state index in [1.807, 2.05) is 55.5 Å². The number of aromatic amines is 2. The van der Waals surface area contributed by atoms with E-state index in [1.165, 1.54) is 7.11 Å². The van der Waals surface area contributed by atoms with Crippen molar-refractivity contribution in [2.45, 2.75) is 26.4 Å². The molecule has 0 bridgehead atoms. The van der Waals surface area contributed by atoms with E-state index < -0.39 is 23.8 Å². The van der Waals surface area contributed by atoms with E-state index in [9.17, 15) is 14.4 Å². The zero-order valence-electron chi connectivity index (χ0n) is 19.6. The number of aryl methyl sites for hydroxylation is 1. The fourth-order valence-corrected chi connectivity index (χ4v) is 4.15. The van der Waals surface area contributed by atoms with Gasteiger partial charge in [0.1, 0.15) is 12.4 Å². The van der Waals surface area contributed by atoms with Crippen LogP contribution >= 0.6 is 0 Å². The first-order valence-electron chi connectivity index (χ1n) is 11.2. The largest absolute Gasteiger partial charge is 0.468 e. The van der Waals surface area contributed by atoms with Gasteiger partial charge < -0.3 is 9.30 Å². The van der Waals surface area contributed by atoms with Crippen LogP contribution in [0.1, 0.15) is 18.3 Å². The molecule has 5 rings (SSSR count).